The molecule has 106 valence electrons. The maximum atomic E-state index is 13.4. The molecule has 0 radical (unpaired) electrons. The summed E-state index contributed by atoms with van der Waals surface area (Å²) < 4.78 is 13.4. The van der Waals surface area contributed by atoms with Gasteiger partial charge >= 0.3 is 0 Å². The Labute approximate surface area is 126 Å². The minimum Gasteiger partial charge on any atom is -0.388 e. The summed E-state index contributed by atoms with van der Waals surface area (Å²) in [6, 6.07) is 9.93. The van der Waals surface area contributed by atoms with E-state index in [9.17, 15) is 9.50 Å². The first-order valence-electron chi connectivity index (χ1n) is 6.46. The molecule has 0 spiro atoms. The summed E-state index contributed by atoms with van der Waals surface area (Å²) in [5.74, 6) is -0.481. The Kier molecular flexibility index (Phi) is 3.82. The van der Waals surface area contributed by atoms with Crippen LogP contribution in [0.1, 0.15) is 17.2 Å². The van der Waals surface area contributed by atoms with Gasteiger partial charge in [0.2, 0.25) is 0 Å². The van der Waals surface area contributed by atoms with Crippen LogP contribution in [0.2, 0.25) is 5.02 Å². The van der Waals surface area contributed by atoms with Crippen LogP contribution < -0.4 is 0 Å². The van der Waals surface area contributed by atoms with Crippen LogP contribution in [0, 0.1) is 5.82 Å². The van der Waals surface area contributed by atoms with Crippen molar-refractivity contribution >= 4 is 22.6 Å². The van der Waals surface area contributed by atoms with E-state index in [1.807, 2.05) is 6.07 Å². The van der Waals surface area contributed by atoms with Crippen molar-refractivity contribution < 1.29 is 9.50 Å². The average molecular weight is 303 g/mol. The molecule has 0 amide bonds. The normalized spacial score (nSPS) is 12.5. The number of benzene rings is 2. The van der Waals surface area contributed by atoms with Gasteiger partial charge in [0.05, 0.1) is 22.2 Å². The van der Waals surface area contributed by atoms with Gasteiger partial charge in [0, 0.05) is 18.8 Å². The number of fused-ring (bicyclic) bond motifs is 1. The third-order valence-electron chi connectivity index (χ3n) is 3.29. The highest BCUT2D eigenvalue weighted by molar-refractivity contribution is 6.30. The van der Waals surface area contributed by atoms with Gasteiger partial charge in [-0.25, -0.2) is 4.39 Å². The van der Waals surface area contributed by atoms with Crippen LogP contribution in [-0.2, 0) is 6.42 Å². The van der Waals surface area contributed by atoms with Gasteiger partial charge in [-0.1, -0.05) is 23.7 Å². The second-order valence-corrected chi connectivity index (χ2v) is 5.18. The summed E-state index contributed by atoms with van der Waals surface area (Å²) >= 11 is 5.65. The molecule has 0 bridgehead atoms. The van der Waals surface area contributed by atoms with Crippen LogP contribution in [-0.4, -0.2) is 15.1 Å². The summed E-state index contributed by atoms with van der Waals surface area (Å²) in [4.78, 5) is 8.38. The summed E-state index contributed by atoms with van der Waals surface area (Å²) in [5, 5.41) is 10.4. The lowest BCUT2D eigenvalue weighted by Gasteiger charge is -2.12. The molecular weight excluding hydrogens is 291 g/mol. The fourth-order valence-electron chi connectivity index (χ4n) is 2.20. The monoisotopic (exact) mass is 302 g/mol. The van der Waals surface area contributed by atoms with Gasteiger partial charge in [-0.15, -0.1) is 0 Å². The summed E-state index contributed by atoms with van der Waals surface area (Å²) in [6.45, 7) is 0. The smallest absolute Gasteiger partial charge is 0.142 e. The van der Waals surface area contributed by atoms with Crippen LogP contribution in [0.15, 0.2) is 48.8 Å². The van der Waals surface area contributed by atoms with Gasteiger partial charge < -0.3 is 5.11 Å². The first-order valence-corrected chi connectivity index (χ1v) is 6.84. The Morgan fingerprint density at radius 3 is 2.57 bits per heavy atom. The highest BCUT2D eigenvalue weighted by atomic mass is 35.5. The number of aromatic nitrogens is 2. The summed E-state index contributed by atoms with van der Waals surface area (Å²) in [6.07, 6.45) is 2.79. The number of rotatable bonds is 3. The number of aliphatic hydroxyl groups excluding tert-OH is 1. The Balaban J connectivity index is 1.85. The average Bonchev–Trinajstić information content (AvgIpc) is 2.50. The maximum absolute atomic E-state index is 13.4. The van der Waals surface area contributed by atoms with Gasteiger partial charge in [0.15, 0.2) is 0 Å². The first kappa shape index (κ1) is 13.9. The molecule has 2 aromatic carbocycles. The topological polar surface area (TPSA) is 46.0 Å². The molecule has 21 heavy (non-hydrogen) atoms. The highest BCUT2D eigenvalue weighted by Gasteiger charge is 2.11. The third kappa shape index (κ3) is 3.01. The van der Waals surface area contributed by atoms with E-state index in [2.05, 4.69) is 9.97 Å². The molecule has 0 aliphatic carbocycles. The zero-order valence-corrected chi connectivity index (χ0v) is 11.8. The lowest BCUT2D eigenvalue weighted by Crippen LogP contribution is -2.02. The van der Waals surface area contributed by atoms with Crippen molar-refractivity contribution in [3.63, 3.8) is 0 Å². The number of nitrogens with zero attached hydrogens (tertiary/aromatic N) is 2. The van der Waals surface area contributed by atoms with Crippen LogP contribution in [0.3, 0.4) is 0 Å². The molecule has 5 heteroatoms. The zero-order chi connectivity index (χ0) is 14.8. The minimum atomic E-state index is -0.739. The van der Waals surface area contributed by atoms with Crippen molar-refractivity contribution in [1.82, 2.24) is 9.97 Å². The van der Waals surface area contributed by atoms with Crippen LogP contribution in [0.5, 0.6) is 0 Å². The van der Waals surface area contributed by atoms with Gasteiger partial charge in [-0.05, 0) is 35.4 Å². The van der Waals surface area contributed by atoms with Crippen molar-refractivity contribution in [3.8, 4) is 0 Å². The van der Waals surface area contributed by atoms with E-state index >= 15 is 0 Å². The van der Waals surface area contributed by atoms with Gasteiger partial charge in [-0.3, -0.25) is 9.97 Å². The minimum absolute atomic E-state index is 0.0780. The Bertz CT molecular complexity index is 794. The SMILES string of the molecule is OC(Cc1ccc(Cl)c(F)c1)c1ccc2nccnc2c1. The predicted octanol–water partition coefficient (Wildman–Crippen LogP) is 3.70. The van der Waals surface area contributed by atoms with Crippen molar-refractivity contribution in [3.05, 3.63) is 70.8 Å². The molecule has 0 aliphatic heterocycles. The summed E-state index contributed by atoms with van der Waals surface area (Å²) in [7, 11) is 0. The largest absolute Gasteiger partial charge is 0.388 e. The second-order valence-electron chi connectivity index (χ2n) is 4.77. The van der Waals surface area contributed by atoms with Crippen molar-refractivity contribution in [2.24, 2.45) is 0 Å². The van der Waals surface area contributed by atoms with E-state index in [4.69, 9.17) is 11.6 Å². The van der Waals surface area contributed by atoms with E-state index in [1.54, 1.807) is 30.6 Å². The second kappa shape index (κ2) is 5.76. The highest BCUT2D eigenvalue weighted by Crippen LogP contribution is 2.23. The quantitative estimate of drug-likeness (QED) is 0.802. The van der Waals surface area contributed by atoms with Gasteiger partial charge in [0.25, 0.3) is 0 Å². The van der Waals surface area contributed by atoms with Crippen LogP contribution >= 0.6 is 11.6 Å². The molecule has 0 fully saturated rings. The fourth-order valence-corrected chi connectivity index (χ4v) is 2.31. The summed E-state index contributed by atoms with van der Waals surface area (Å²) in [5.41, 5.74) is 2.89. The van der Waals surface area contributed by atoms with Crippen molar-refractivity contribution in [1.29, 1.82) is 0 Å². The standard InChI is InChI=1S/C16H12ClFN2O/c17-12-3-1-10(7-13(12)18)8-16(21)11-2-4-14-15(9-11)20-6-5-19-14/h1-7,9,16,21H,8H2. The van der Waals surface area contributed by atoms with Crippen molar-refractivity contribution in [2.75, 3.05) is 0 Å². The molecular formula is C16H12ClFN2O. The van der Waals surface area contributed by atoms with Crippen LogP contribution in [0.25, 0.3) is 11.0 Å². The lowest BCUT2D eigenvalue weighted by atomic mass is 10.0. The molecule has 1 atom stereocenters. The Hall–Kier alpha value is -2.04. The van der Waals surface area contributed by atoms with E-state index in [0.29, 0.717) is 12.0 Å². The predicted molar refractivity (Wildman–Crippen MR) is 79.6 cm³/mol. The maximum Gasteiger partial charge on any atom is 0.142 e. The van der Waals surface area contributed by atoms with E-state index < -0.39 is 11.9 Å². The molecule has 1 N–H and O–H groups in total. The number of hydrogen-bond donors (Lipinski definition) is 1. The van der Waals surface area contributed by atoms with E-state index in [1.165, 1.54) is 12.1 Å². The number of hydrogen-bond acceptors (Lipinski definition) is 3. The molecule has 3 aromatic rings. The number of aliphatic hydroxyl groups is 1. The molecule has 1 unspecified atom stereocenters. The number of halogens is 2. The molecule has 3 nitrogen and oxygen atoms in total. The molecule has 0 aliphatic rings. The van der Waals surface area contributed by atoms with E-state index in [0.717, 1.165) is 16.6 Å². The molecule has 1 heterocycles. The molecule has 0 saturated heterocycles. The van der Waals surface area contributed by atoms with Gasteiger partial charge in [0.1, 0.15) is 5.82 Å². The van der Waals surface area contributed by atoms with Gasteiger partial charge in [-0.2, -0.15) is 0 Å². The third-order valence-corrected chi connectivity index (χ3v) is 3.60. The van der Waals surface area contributed by atoms with E-state index in [-0.39, 0.29) is 5.02 Å². The molecule has 3 rings (SSSR count). The fraction of sp³-hybridized carbons (Fsp3) is 0.125. The van der Waals surface area contributed by atoms with Crippen LogP contribution in [0.4, 0.5) is 4.39 Å². The lowest BCUT2D eigenvalue weighted by molar-refractivity contribution is 0.178. The molecule has 1 aromatic heterocycles. The zero-order valence-electron chi connectivity index (χ0n) is 11.0. The Morgan fingerprint density at radius 2 is 1.81 bits per heavy atom. The first-order chi connectivity index (χ1) is 10.1. The Morgan fingerprint density at radius 1 is 1.05 bits per heavy atom. The van der Waals surface area contributed by atoms with Crippen molar-refractivity contribution in [2.45, 2.75) is 12.5 Å². The molecule has 0 saturated carbocycles.